The van der Waals surface area contributed by atoms with Crippen LogP contribution in [-0.4, -0.2) is 28.1 Å². The molecule has 0 aromatic heterocycles. The van der Waals surface area contributed by atoms with Crippen molar-refractivity contribution in [3.8, 4) is 5.75 Å². The third-order valence-electron chi connectivity index (χ3n) is 4.21. The molecule has 1 unspecified atom stereocenters. The first-order chi connectivity index (χ1) is 14.8. The van der Waals surface area contributed by atoms with Gasteiger partial charge in [-0.2, -0.15) is 0 Å². The Morgan fingerprint density at radius 2 is 1.52 bits per heavy atom. The minimum atomic E-state index is -0.331. The van der Waals surface area contributed by atoms with Crippen LogP contribution in [0.25, 0.3) is 0 Å². The van der Waals surface area contributed by atoms with Crippen molar-refractivity contribution < 1.29 is 14.3 Å². The van der Waals surface area contributed by atoms with Gasteiger partial charge in [0.25, 0.3) is 5.91 Å². The van der Waals surface area contributed by atoms with Crippen molar-refractivity contribution in [2.75, 3.05) is 10.6 Å². The number of hydrogen-bond donors (Lipinski definition) is 4. The summed E-state index contributed by atoms with van der Waals surface area (Å²) in [7, 11) is 0. The van der Waals surface area contributed by atoms with Crippen LogP contribution in [0.5, 0.6) is 5.75 Å². The van der Waals surface area contributed by atoms with Crippen LogP contribution >= 0.6 is 24.4 Å². The van der Waals surface area contributed by atoms with Gasteiger partial charge in [0.15, 0.2) is 10.2 Å². The second kappa shape index (κ2) is 12.0. The summed E-state index contributed by atoms with van der Waals surface area (Å²) in [4.78, 5) is 23.8. The lowest BCUT2D eigenvalue weighted by Crippen LogP contribution is -2.34. The van der Waals surface area contributed by atoms with Gasteiger partial charge in [-0.05, 0) is 80.2 Å². The maximum absolute atomic E-state index is 12.5. The Hall–Kier alpha value is -3.04. The van der Waals surface area contributed by atoms with E-state index in [4.69, 9.17) is 29.2 Å². The summed E-state index contributed by atoms with van der Waals surface area (Å²) >= 11 is 10.3. The van der Waals surface area contributed by atoms with Gasteiger partial charge in [0, 0.05) is 23.4 Å². The minimum absolute atomic E-state index is 0.0655. The number of carbonyl (C=O) groups excluding carboxylic acids is 2. The average molecular weight is 459 g/mol. The summed E-state index contributed by atoms with van der Waals surface area (Å²) in [6.45, 7) is 5.76. The van der Waals surface area contributed by atoms with Crippen LogP contribution in [0.2, 0.25) is 0 Å². The van der Waals surface area contributed by atoms with Gasteiger partial charge in [-0.1, -0.05) is 19.9 Å². The van der Waals surface area contributed by atoms with Gasteiger partial charge in [0.1, 0.15) is 5.75 Å². The molecule has 164 valence electrons. The van der Waals surface area contributed by atoms with Gasteiger partial charge in [0.2, 0.25) is 5.91 Å². The number of rotatable bonds is 7. The van der Waals surface area contributed by atoms with Crippen molar-refractivity contribution in [2.24, 2.45) is 0 Å². The predicted octanol–water partition coefficient (Wildman–Crippen LogP) is 4.21. The summed E-state index contributed by atoms with van der Waals surface area (Å²) in [5.41, 5.74) is 1.85. The van der Waals surface area contributed by atoms with E-state index in [1.165, 1.54) is 0 Å². The Kier molecular flexibility index (Phi) is 9.36. The molecule has 0 aliphatic rings. The molecule has 0 saturated heterocycles. The highest BCUT2D eigenvalue weighted by Gasteiger charge is 2.10. The molecular weight excluding hydrogens is 432 g/mol. The molecular formula is C22H26N4O3S2. The second-order valence-corrected chi connectivity index (χ2v) is 7.52. The van der Waals surface area contributed by atoms with E-state index in [0.717, 1.165) is 6.42 Å². The van der Waals surface area contributed by atoms with Gasteiger partial charge in [-0.3, -0.25) is 14.9 Å². The molecule has 0 radical (unpaired) electrons. The van der Waals surface area contributed by atoms with Crippen LogP contribution in [0.15, 0.2) is 48.5 Å². The number of carbonyl (C=O) groups is 2. The molecule has 2 aromatic carbocycles. The summed E-state index contributed by atoms with van der Waals surface area (Å²) in [6, 6.07) is 14.0. The predicted molar refractivity (Wildman–Crippen MR) is 132 cm³/mol. The Morgan fingerprint density at radius 1 is 0.935 bits per heavy atom. The monoisotopic (exact) mass is 458 g/mol. The van der Waals surface area contributed by atoms with Crippen molar-refractivity contribution >= 4 is 57.8 Å². The molecule has 0 spiro atoms. The molecule has 7 nitrogen and oxygen atoms in total. The maximum Gasteiger partial charge on any atom is 0.257 e. The fourth-order valence-electron chi connectivity index (χ4n) is 2.38. The average Bonchev–Trinajstić information content (AvgIpc) is 2.74. The molecule has 31 heavy (non-hydrogen) atoms. The van der Waals surface area contributed by atoms with Crippen LogP contribution in [0, 0.1) is 0 Å². The topological polar surface area (TPSA) is 91.5 Å². The first-order valence-electron chi connectivity index (χ1n) is 9.90. The lowest BCUT2D eigenvalue weighted by atomic mass is 10.2. The van der Waals surface area contributed by atoms with Crippen molar-refractivity contribution in [2.45, 2.75) is 39.7 Å². The van der Waals surface area contributed by atoms with E-state index in [2.05, 4.69) is 21.3 Å². The van der Waals surface area contributed by atoms with E-state index in [-0.39, 0.29) is 28.1 Å². The van der Waals surface area contributed by atoms with Crippen molar-refractivity contribution in [1.29, 1.82) is 0 Å². The Morgan fingerprint density at radius 3 is 2.06 bits per heavy atom. The number of ether oxygens (including phenoxy) is 1. The van der Waals surface area contributed by atoms with Crippen LogP contribution in [0.4, 0.5) is 11.4 Å². The van der Waals surface area contributed by atoms with Gasteiger partial charge in [-0.25, -0.2) is 0 Å². The number of anilines is 2. The van der Waals surface area contributed by atoms with E-state index in [9.17, 15) is 9.59 Å². The van der Waals surface area contributed by atoms with Gasteiger partial charge in [0.05, 0.1) is 6.10 Å². The summed E-state index contributed by atoms with van der Waals surface area (Å²) in [6.07, 6.45) is 1.29. The number of amides is 2. The zero-order valence-electron chi connectivity index (χ0n) is 17.7. The SMILES string of the molecule is CCC(=O)NC(=S)Nc1ccc(NC(=S)NC(=O)c2cccc(OC(C)CC)c2)cc1. The molecule has 2 aromatic rings. The van der Waals surface area contributed by atoms with Crippen LogP contribution in [0.1, 0.15) is 44.0 Å². The highest BCUT2D eigenvalue weighted by atomic mass is 32.1. The first-order valence-corrected chi connectivity index (χ1v) is 10.7. The van der Waals surface area contributed by atoms with Crippen molar-refractivity contribution in [3.05, 3.63) is 54.1 Å². The van der Waals surface area contributed by atoms with Gasteiger partial charge >= 0.3 is 0 Å². The number of benzene rings is 2. The van der Waals surface area contributed by atoms with E-state index in [0.29, 0.717) is 29.1 Å². The standard InChI is InChI=1S/C22H26N4O3S2/c1-4-14(3)29-18-8-6-7-15(13-18)20(28)26-22(31)24-17-11-9-16(10-12-17)23-21(30)25-19(27)5-2/h6-14H,4-5H2,1-3H3,(H2,23,25,27,30)(H2,24,26,28,31). The molecule has 0 heterocycles. The molecule has 2 amide bonds. The quantitative estimate of drug-likeness (QED) is 0.462. The van der Waals surface area contributed by atoms with E-state index >= 15 is 0 Å². The molecule has 9 heteroatoms. The highest BCUT2D eigenvalue weighted by Crippen LogP contribution is 2.16. The zero-order valence-corrected chi connectivity index (χ0v) is 19.3. The normalized spacial score (nSPS) is 11.1. The lowest BCUT2D eigenvalue weighted by Gasteiger charge is -2.14. The first kappa shape index (κ1) is 24.2. The van der Waals surface area contributed by atoms with Gasteiger partial charge < -0.3 is 20.7 Å². The molecule has 0 saturated carbocycles. The zero-order chi connectivity index (χ0) is 22.8. The fourth-order valence-corrected chi connectivity index (χ4v) is 2.82. The third-order valence-corrected chi connectivity index (χ3v) is 4.62. The highest BCUT2D eigenvalue weighted by molar-refractivity contribution is 7.80. The van der Waals surface area contributed by atoms with Crippen LogP contribution < -0.4 is 26.0 Å². The summed E-state index contributed by atoms with van der Waals surface area (Å²) in [5.74, 6) is 0.147. The third kappa shape index (κ3) is 8.31. The second-order valence-electron chi connectivity index (χ2n) is 6.71. The number of hydrogen-bond acceptors (Lipinski definition) is 5. The molecule has 0 aliphatic carbocycles. The molecule has 0 aliphatic heterocycles. The lowest BCUT2D eigenvalue weighted by molar-refractivity contribution is -0.119. The molecule has 0 fully saturated rings. The largest absolute Gasteiger partial charge is 0.491 e. The van der Waals surface area contributed by atoms with Crippen molar-refractivity contribution in [3.63, 3.8) is 0 Å². The minimum Gasteiger partial charge on any atom is -0.491 e. The number of thiocarbonyl (C=S) groups is 2. The van der Waals surface area contributed by atoms with E-state index in [1.807, 2.05) is 19.9 Å². The Labute approximate surface area is 192 Å². The van der Waals surface area contributed by atoms with Crippen molar-refractivity contribution in [1.82, 2.24) is 10.6 Å². The summed E-state index contributed by atoms with van der Waals surface area (Å²) < 4.78 is 5.75. The molecule has 4 N–H and O–H groups in total. The molecule has 1 atom stereocenters. The maximum atomic E-state index is 12.5. The molecule has 2 rings (SSSR count). The smallest absolute Gasteiger partial charge is 0.257 e. The van der Waals surface area contributed by atoms with Crippen LogP contribution in [0.3, 0.4) is 0 Å². The van der Waals surface area contributed by atoms with Crippen LogP contribution in [-0.2, 0) is 4.79 Å². The fraction of sp³-hybridized carbons (Fsp3) is 0.273. The van der Waals surface area contributed by atoms with E-state index in [1.54, 1.807) is 49.4 Å². The number of nitrogens with one attached hydrogen (secondary N) is 4. The Bertz CT molecular complexity index is 948. The van der Waals surface area contributed by atoms with Gasteiger partial charge in [-0.15, -0.1) is 0 Å². The summed E-state index contributed by atoms with van der Waals surface area (Å²) in [5, 5.41) is 11.5. The molecule has 0 bridgehead atoms. The Balaban J connectivity index is 1.89. The van der Waals surface area contributed by atoms with E-state index < -0.39 is 0 Å².